The van der Waals surface area contributed by atoms with Crippen LogP contribution in [-0.2, 0) is 16.9 Å². The molecule has 0 spiro atoms. The Labute approximate surface area is 271 Å². The highest BCUT2D eigenvalue weighted by atomic mass is 16.6. The minimum atomic E-state index is -1.26. The number of para-hydroxylation sites is 1. The van der Waals surface area contributed by atoms with Crippen molar-refractivity contribution < 1.29 is 14.3 Å². The fourth-order valence-corrected chi connectivity index (χ4v) is 7.97. The molecule has 1 aromatic heterocycles. The summed E-state index contributed by atoms with van der Waals surface area (Å²) < 4.78 is 15.3. The van der Waals surface area contributed by atoms with Crippen LogP contribution in [0, 0.1) is 12.8 Å². The van der Waals surface area contributed by atoms with Crippen molar-refractivity contribution >= 4 is 28.3 Å². The molecule has 0 radical (unpaired) electrons. The van der Waals surface area contributed by atoms with Gasteiger partial charge in [0.05, 0.1) is 12.7 Å². The van der Waals surface area contributed by atoms with Crippen molar-refractivity contribution in [1.29, 1.82) is 0 Å². The minimum absolute atomic E-state index is 0.346. The molecule has 2 aliphatic heterocycles. The van der Waals surface area contributed by atoms with Gasteiger partial charge in [-0.25, -0.2) is 4.79 Å². The number of esters is 1. The van der Waals surface area contributed by atoms with E-state index in [-0.39, 0.29) is 5.97 Å². The molecule has 3 aliphatic rings. The fraction of sp³-hybridized carbons (Fsp3) is 0.325. The number of cyclic esters (lactones) is 1. The van der Waals surface area contributed by atoms with Gasteiger partial charge in [0.2, 0.25) is 0 Å². The van der Waals surface area contributed by atoms with Crippen molar-refractivity contribution in [2.75, 3.05) is 19.0 Å². The predicted octanol–water partition coefficient (Wildman–Crippen LogP) is 8.84. The maximum absolute atomic E-state index is 14.1. The smallest absolute Gasteiger partial charge is 0.340 e. The monoisotopic (exact) mass is 613 g/mol. The van der Waals surface area contributed by atoms with E-state index in [4.69, 9.17) is 9.47 Å². The van der Waals surface area contributed by atoms with Crippen molar-refractivity contribution in [2.24, 2.45) is 5.92 Å². The molecule has 0 bridgehead atoms. The van der Waals surface area contributed by atoms with Crippen LogP contribution >= 0.6 is 0 Å². The van der Waals surface area contributed by atoms with Gasteiger partial charge in [-0.3, -0.25) is 0 Å². The van der Waals surface area contributed by atoms with Crippen LogP contribution < -0.4 is 15.4 Å². The number of fused-ring (bicyclic) bond motifs is 2. The molecule has 7 rings (SSSR count). The maximum atomic E-state index is 14.1. The molecule has 1 fully saturated rings. The molecule has 4 aromatic rings. The lowest BCUT2D eigenvalue weighted by molar-refractivity contribution is 0.0247. The topological polar surface area (TPSA) is 64.5 Å². The molecule has 2 N–H and O–H groups in total. The van der Waals surface area contributed by atoms with Gasteiger partial charge in [0, 0.05) is 75.6 Å². The quantitative estimate of drug-likeness (QED) is 0.185. The third-order valence-electron chi connectivity index (χ3n) is 10.1. The van der Waals surface area contributed by atoms with Crippen molar-refractivity contribution in [2.45, 2.75) is 64.5 Å². The zero-order valence-corrected chi connectivity index (χ0v) is 27.1. The number of hydrogen-bond acceptors (Lipinski definition) is 5. The number of nitrogens with one attached hydrogen (secondary N) is 2. The van der Waals surface area contributed by atoms with E-state index < -0.39 is 5.60 Å². The van der Waals surface area contributed by atoms with E-state index in [0.29, 0.717) is 11.3 Å². The Balaban J connectivity index is 1.44. The molecule has 3 heterocycles. The number of rotatable bonds is 9. The Hall–Kier alpha value is -4.71. The van der Waals surface area contributed by atoms with Gasteiger partial charge in [0.25, 0.3) is 0 Å². The maximum Gasteiger partial charge on any atom is 0.340 e. The van der Waals surface area contributed by atoms with E-state index >= 15 is 0 Å². The molecule has 1 unspecified atom stereocenters. The summed E-state index contributed by atoms with van der Waals surface area (Å²) in [5.74, 6) is 1.13. The SMILES string of the molecule is CCn1c(C)c(C2(c3ccc(NCCC4CCCCC4)cc3OC)OC(=O)c3cccc(C4=CC=CC=CN4)c32)c2ccccc21. The fourth-order valence-electron chi connectivity index (χ4n) is 7.97. The van der Waals surface area contributed by atoms with E-state index in [1.54, 1.807) is 7.11 Å². The number of aryl methyl sites for hydroxylation is 1. The molecule has 6 heteroatoms. The second kappa shape index (κ2) is 12.6. The highest BCUT2D eigenvalue weighted by Gasteiger charge is 2.54. The second-order valence-corrected chi connectivity index (χ2v) is 12.6. The summed E-state index contributed by atoms with van der Waals surface area (Å²) in [6.45, 7) is 6.00. The number of carbonyl (C=O) groups is 1. The molecule has 0 saturated heterocycles. The highest BCUT2D eigenvalue weighted by molar-refractivity contribution is 6.01. The zero-order chi connectivity index (χ0) is 31.7. The molecule has 236 valence electrons. The van der Waals surface area contributed by atoms with Crippen LogP contribution in [0.25, 0.3) is 16.6 Å². The highest BCUT2D eigenvalue weighted by Crippen LogP contribution is 2.55. The van der Waals surface area contributed by atoms with Crippen LogP contribution in [0.3, 0.4) is 0 Å². The lowest BCUT2D eigenvalue weighted by Crippen LogP contribution is -2.32. The van der Waals surface area contributed by atoms with Gasteiger partial charge in [-0.15, -0.1) is 0 Å². The molecule has 1 aliphatic carbocycles. The van der Waals surface area contributed by atoms with Crippen molar-refractivity contribution in [3.63, 3.8) is 0 Å². The number of nitrogens with zero attached hydrogens (tertiary/aromatic N) is 1. The van der Waals surface area contributed by atoms with Gasteiger partial charge < -0.3 is 24.7 Å². The first-order chi connectivity index (χ1) is 22.6. The molecule has 0 amide bonds. The average Bonchev–Trinajstić information content (AvgIpc) is 3.38. The van der Waals surface area contributed by atoms with Gasteiger partial charge in [0.15, 0.2) is 5.60 Å². The van der Waals surface area contributed by atoms with E-state index in [0.717, 1.165) is 69.2 Å². The normalized spacial score (nSPS) is 19.4. The average molecular weight is 614 g/mol. The summed E-state index contributed by atoms with van der Waals surface area (Å²) >= 11 is 0. The molecular weight excluding hydrogens is 570 g/mol. The molecule has 1 atom stereocenters. The Morgan fingerprint density at radius 1 is 0.978 bits per heavy atom. The third-order valence-corrected chi connectivity index (χ3v) is 10.1. The molecular formula is C40H43N3O3. The first-order valence-electron chi connectivity index (χ1n) is 16.7. The first kappa shape index (κ1) is 30.0. The van der Waals surface area contributed by atoms with E-state index in [1.165, 1.54) is 38.5 Å². The van der Waals surface area contributed by atoms with Gasteiger partial charge >= 0.3 is 5.97 Å². The number of benzene rings is 3. The van der Waals surface area contributed by atoms with Crippen LogP contribution in [0.5, 0.6) is 5.75 Å². The Morgan fingerprint density at radius 3 is 2.63 bits per heavy atom. The van der Waals surface area contributed by atoms with E-state index in [9.17, 15) is 4.79 Å². The predicted molar refractivity (Wildman–Crippen MR) is 186 cm³/mol. The second-order valence-electron chi connectivity index (χ2n) is 12.6. The van der Waals surface area contributed by atoms with Crippen LogP contribution in [0.4, 0.5) is 5.69 Å². The van der Waals surface area contributed by atoms with E-state index in [2.05, 4.69) is 77.6 Å². The summed E-state index contributed by atoms with van der Waals surface area (Å²) in [7, 11) is 1.70. The zero-order valence-electron chi connectivity index (χ0n) is 27.1. The standard InChI is InChI=1S/C40H43N3O3/c1-4-43-27(2)37(31-16-10-11-20-35(31)43)40(33-22-21-29(26-36(33)45-3)41-25-23-28-14-7-5-8-15-28)38-30(34-19-9-6-12-24-42-34)17-13-18-32(38)39(44)46-40/h6,9-13,16-22,24,26,28,41-42H,4-5,7-8,14-15,23,25H2,1-3H3. The summed E-state index contributed by atoms with van der Waals surface area (Å²) in [6.07, 6.45) is 17.8. The summed E-state index contributed by atoms with van der Waals surface area (Å²) in [6, 6.07) is 20.6. The molecule has 1 saturated carbocycles. The number of hydrogen-bond donors (Lipinski definition) is 2. The van der Waals surface area contributed by atoms with Gasteiger partial charge in [-0.1, -0.05) is 74.6 Å². The van der Waals surface area contributed by atoms with Crippen molar-refractivity contribution in [3.8, 4) is 5.75 Å². The Bertz CT molecular complexity index is 1870. The molecule has 6 nitrogen and oxygen atoms in total. The lowest BCUT2D eigenvalue weighted by Gasteiger charge is -2.34. The first-order valence-corrected chi connectivity index (χ1v) is 16.7. The molecule has 3 aromatic carbocycles. The largest absolute Gasteiger partial charge is 0.496 e. The lowest BCUT2D eigenvalue weighted by atomic mass is 9.75. The van der Waals surface area contributed by atoms with Crippen LogP contribution in [0.1, 0.15) is 83.8 Å². The summed E-state index contributed by atoms with van der Waals surface area (Å²) in [5.41, 5.74) is 6.83. The van der Waals surface area contributed by atoms with Crippen LogP contribution in [0.2, 0.25) is 0 Å². The van der Waals surface area contributed by atoms with Gasteiger partial charge in [-0.05, 0) is 62.6 Å². The number of allylic oxidation sites excluding steroid dienone is 4. The van der Waals surface area contributed by atoms with Gasteiger partial charge in [-0.2, -0.15) is 0 Å². The number of ether oxygens (including phenoxy) is 2. The van der Waals surface area contributed by atoms with Crippen molar-refractivity contribution in [3.05, 3.63) is 125 Å². The molecule has 46 heavy (non-hydrogen) atoms. The third kappa shape index (κ3) is 5.00. The summed E-state index contributed by atoms with van der Waals surface area (Å²) in [5, 5.41) is 8.16. The number of anilines is 1. The van der Waals surface area contributed by atoms with Crippen LogP contribution in [-0.4, -0.2) is 24.2 Å². The number of methoxy groups -OCH3 is 1. The van der Waals surface area contributed by atoms with Crippen molar-refractivity contribution in [1.82, 2.24) is 9.88 Å². The Morgan fingerprint density at radius 2 is 1.80 bits per heavy atom. The van der Waals surface area contributed by atoms with Gasteiger partial charge in [0.1, 0.15) is 5.75 Å². The number of aromatic nitrogens is 1. The van der Waals surface area contributed by atoms with E-state index in [1.807, 2.05) is 42.6 Å². The number of carbonyl (C=O) groups excluding carboxylic acids is 1. The Kier molecular flexibility index (Phi) is 8.20. The summed E-state index contributed by atoms with van der Waals surface area (Å²) in [4.78, 5) is 14.1. The minimum Gasteiger partial charge on any atom is -0.496 e. The van der Waals surface area contributed by atoms with Crippen LogP contribution in [0.15, 0.2) is 91.2 Å².